The second kappa shape index (κ2) is 31.4. The number of fused-ring (bicyclic) bond motifs is 2. The second-order valence-corrected chi connectivity index (χ2v) is 21.3. The number of nitrogens with one attached hydrogen (secondary N) is 7. The molecule has 0 aliphatic rings. The molecule has 0 fully saturated rings. The molecule has 484 valence electrons. The van der Waals surface area contributed by atoms with Gasteiger partial charge >= 0.3 is 12.1 Å². The molecule has 0 saturated carbocycles. The molecule has 0 bridgehead atoms. The van der Waals surface area contributed by atoms with E-state index in [0.29, 0.717) is 64.4 Å². The van der Waals surface area contributed by atoms with Crippen LogP contribution >= 0.6 is 0 Å². The van der Waals surface area contributed by atoms with E-state index in [4.69, 9.17) is 42.1 Å². The highest BCUT2D eigenvalue weighted by atomic mass is 16.5. The first-order valence-corrected chi connectivity index (χ1v) is 29.4. The monoisotopic (exact) mass is 1260 g/mol. The molecule has 31 nitrogen and oxygen atoms in total. The maximum Gasteiger partial charge on any atom is 0.407 e. The van der Waals surface area contributed by atoms with Gasteiger partial charge in [-0.25, -0.2) is 19.6 Å². The number of carbonyl (C=O) groups excluding carboxylic acids is 9. The van der Waals surface area contributed by atoms with Crippen molar-refractivity contribution in [1.29, 1.82) is 0 Å². The molecule has 0 radical (unpaired) electrons. The van der Waals surface area contributed by atoms with Crippen LogP contribution in [0.1, 0.15) is 112 Å². The Labute approximate surface area is 522 Å². The minimum Gasteiger partial charge on any atom is -0.494 e. The molecule has 0 unspecified atom stereocenters. The minimum absolute atomic E-state index is 0.0251. The Morgan fingerprint density at radius 2 is 1.19 bits per heavy atom. The molecule has 0 aliphatic carbocycles. The summed E-state index contributed by atoms with van der Waals surface area (Å²) in [6.45, 7) is 12.0. The van der Waals surface area contributed by atoms with Crippen LogP contribution in [-0.2, 0) is 51.9 Å². The third-order valence-corrected chi connectivity index (χ3v) is 14.2. The topological polar surface area (TPSA) is 441 Å². The van der Waals surface area contributed by atoms with Crippen molar-refractivity contribution in [3.05, 3.63) is 112 Å². The zero-order chi connectivity index (χ0) is 66.1. The number of amides is 10. The summed E-state index contributed by atoms with van der Waals surface area (Å²) in [4.78, 5) is 125. The highest BCUT2D eigenvalue weighted by molar-refractivity contribution is 6.06. The fraction of sp³-hybridized carbons (Fsp3) is 0.383. The quantitative estimate of drug-likeness (QED) is 0.0212. The lowest BCUT2D eigenvalue weighted by Crippen LogP contribution is -2.51. The van der Waals surface area contributed by atoms with Crippen molar-refractivity contribution >= 4 is 93.1 Å². The Balaban J connectivity index is 0.985. The number of primary amides is 3. The number of nitrogens with zero attached hydrogens (tertiary/aromatic N) is 8. The summed E-state index contributed by atoms with van der Waals surface area (Å²) in [5.41, 5.74) is 27.0. The van der Waals surface area contributed by atoms with Crippen molar-refractivity contribution in [3.8, 4) is 11.5 Å². The standard InChI is InChI=1S/C60H77N19O12/c1-8-78-43(26-34(5)74-78)54(84)72-58-70-41-28-37(51(62)81)30-45(89-7)49(41)76(58)23-10-11-24-77-50-42(71-59(77)73-55(85)44-27-35(6)75-79(44)9-2)29-38(52(63)82)31-46(50)90-25-13-21-65-47(80)19-22-67-60(88)91-32-36-15-17-39(18-16-36)68-53(83)40(14-12-20-66-57(64)87)69-56(86)48(61)33(3)4/h10-11,15-18,26-31,33,40,48H,8-9,12-14,19-25,32,61H2,1-7H3,(H2,62,81)(H2,63,82)(H,65,80)(H,67,88)(H,68,83)(H,69,86)(H3,64,66,87)(H,70,72,84)(H,71,73,85)/b11-10+/t40-,48-/m0/s1. The molecule has 4 aromatic heterocycles. The third kappa shape index (κ3) is 17.9. The van der Waals surface area contributed by atoms with Gasteiger partial charge in [0.15, 0.2) is 0 Å². The summed E-state index contributed by atoms with van der Waals surface area (Å²) in [6.07, 6.45) is 3.52. The molecule has 2 atom stereocenters. The molecule has 10 amide bonds. The number of rotatable bonds is 32. The molecule has 31 heteroatoms. The van der Waals surface area contributed by atoms with Crippen molar-refractivity contribution in [2.24, 2.45) is 28.9 Å². The van der Waals surface area contributed by atoms with E-state index < -0.39 is 59.7 Å². The Morgan fingerprint density at radius 3 is 1.70 bits per heavy atom. The lowest BCUT2D eigenvalue weighted by atomic mass is 10.0. The van der Waals surface area contributed by atoms with E-state index in [-0.39, 0.29) is 123 Å². The van der Waals surface area contributed by atoms with Crippen molar-refractivity contribution in [3.63, 3.8) is 0 Å². The zero-order valence-electron chi connectivity index (χ0n) is 51.6. The Bertz CT molecular complexity index is 3860. The van der Waals surface area contributed by atoms with Gasteiger partial charge in [0.2, 0.25) is 41.4 Å². The number of carbonyl (C=O) groups is 9. The predicted molar refractivity (Wildman–Crippen MR) is 336 cm³/mol. The fourth-order valence-electron chi connectivity index (χ4n) is 9.51. The molecule has 4 heterocycles. The van der Waals surface area contributed by atoms with Crippen LogP contribution in [-0.4, -0.2) is 138 Å². The van der Waals surface area contributed by atoms with Crippen LogP contribution in [0.5, 0.6) is 11.5 Å². The van der Waals surface area contributed by atoms with Crippen LogP contribution in [0.4, 0.5) is 27.2 Å². The number of anilines is 3. The van der Waals surface area contributed by atoms with Gasteiger partial charge in [0.25, 0.3) is 11.8 Å². The molecule has 15 N–H and O–H groups in total. The Kier molecular flexibility index (Phi) is 23.3. The number of hydrogen-bond donors (Lipinski definition) is 11. The number of urea groups is 1. The van der Waals surface area contributed by atoms with Crippen LogP contribution in [0.15, 0.2) is 72.8 Å². The summed E-state index contributed by atoms with van der Waals surface area (Å²) in [7, 11) is 1.43. The molecule has 0 spiro atoms. The number of benzene rings is 3. The maximum atomic E-state index is 14.0. The van der Waals surface area contributed by atoms with Crippen molar-refractivity contribution in [1.82, 2.24) is 59.9 Å². The van der Waals surface area contributed by atoms with Gasteiger partial charge < -0.3 is 72.9 Å². The molecular formula is C60H77N19O12. The summed E-state index contributed by atoms with van der Waals surface area (Å²) in [5.74, 6) is -3.39. The molecule has 7 rings (SSSR count). The predicted octanol–water partition coefficient (Wildman–Crippen LogP) is 3.46. The smallest absolute Gasteiger partial charge is 0.407 e. The number of aryl methyl sites for hydroxylation is 4. The van der Waals surface area contributed by atoms with E-state index in [9.17, 15) is 43.2 Å². The molecular weight excluding hydrogens is 1180 g/mol. The number of nitrogens with two attached hydrogens (primary N) is 4. The van der Waals surface area contributed by atoms with Gasteiger partial charge in [0.1, 0.15) is 46.6 Å². The molecule has 7 aromatic rings. The van der Waals surface area contributed by atoms with Crippen molar-refractivity contribution in [2.45, 2.75) is 112 Å². The Hall–Kier alpha value is -10.9. The van der Waals surface area contributed by atoms with Gasteiger partial charge in [0, 0.05) is 69.0 Å². The zero-order valence-corrected chi connectivity index (χ0v) is 51.6. The fourth-order valence-corrected chi connectivity index (χ4v) is 9.51. The van der Waals surface area contributed by atoms with E-state index in [0.717, 1.165) is 0 Å². The van der Waals surface area contributed by atoms with Gasteiger partial charge in [-0.3, -0.25) is 53.6 Å². The summed E-state index contributed by atoms with van der Waals surface area (Å²) in [5, 5.41) is 27.8. The molecule has 91 heavy (non-hydrogen) atoms. The van der Waals surface area contributed by atoms with E-state index in [1.165, 1.54) is 31.4 Å². The second-order valence-electron chi connectivity index (χ2n) is 21.3. The van der Waals surface area contributed by atoms with Gasteiger partial charge in [-0.1, -0.05) is 38.1 Å². The van der Waals surface area contributed by atoms with Gasteiger partial charge in [-0.05, 0) is 107 Å². The van der Waals surface area contributed by atoms with Crippen LogP contribution in [0, 0.1) is 19.8 Å². The number of allylic oxidation sites excluding steroid dienone is 2. The largest absolute Gasteiger partial charge is 0.494 e. The Morgan fingerprint density at radius 1 is 0.648 bits per heavy atom. The van der Waals surface area contributed by atoms with Gasteiger partial charge in [-0.2, -0.15) is 10.2 Å². The normalized spacial score (nSPS) is 11.9. The first-order valence-electron chi connectivity index (χ1n) is 29.4. The molecule has 0 saturated heterocycles. The van der Waals surface area contributed by atoms with Crippen LogP contribution in [0.25, 0.3) is 22.1 Å². The highest BCUT2D eigenvalue weighted by Gasteiger charge is 2.27. The summed E-state index contributed by atoms with van der Waals surface area (Å²) in [6, 6.07) is 13.2. The number of aromatic nitrogens is 8. The first kappa shape index (κ1) is 67.7. The molecule has 0 aliphatic heterocycles. The minimum atomic E-state index is -0.958. The SMILES string of the molecule is CCn1nc(C)cc1C(=O)Nc1nc2cc(C(N)=O)cc(OC)c2n1C/C=C/Cn1c(NC(=O)c2cc(C)nn2CC)nc2cc(C(N)=O)cc(OCCCNC(=O)CCNC(=O)OCc3ccc(NC(=O)[C@H](CCCNC(N)=O)NC(=O)[C@@H](N)C(C)C)cc3)c21. The number of hydrogen-bond acceptors (Lipinski definition) is 17. The van der Waals surface area contributed by atoms with Crippen LogP contribution in [0.3, 0.4) is 0 Å². The maximum absolute atomic E-state index is 14.0. The van der Waals surface area contributed by atoms with E-state index in [1.807, 2.05) is 13.8 Å². The number of imidazole rings is 2. The van der Waals surface area contributed by atoms with Crippen molar-refractivity contribution in [2.75, 3.05) is 49.3 Å². The molecule has 3 aromatic carbocycles. The van der Waals surface area contributed by atoms with Crippen LogP contribution < -0.4 is 69.6 Å². The average molecular weight is 1260 g/mol. The van der Waals surface area contributed by atoms with E-state index in [2.05, 4.69) is 52.4 Å². The number of methoxy groups -OCH3 is 1. The first-order chi connectivity index (χ1) is 43.5. The lowest BCUT2D eigenvalue weighted by Gasteiger charge is -2.22. The summed E-state index contributed by atoms with van der Waals surface area (Å²) >= 11 is 0. The van der Waals surface area contributed by atoms with Crippen LogP contribution in [0.2, 0.25) is 0 Å². The van der Waals surface area contributed by atoms with Crippen molar-refractivity contribution < 1.29 is 57.4 Å². The van der Waals surface area contributed by atoms with Gasteiger partial charge in [0.05, 0.1) is 42.2 Å². The lowest BCUT2D eigenvalue weighted by molar-refractivity contribution is -0.128. The number of alkyl carbamates (subject to hydrolysis) is 1. The van der Waals surface area contributed by atoms with Gasteiger partial charge in [-0.15, -0.1) is 0 Å². The average Bonchev–Trinajstić information content (AvgIpc) is 1.65. The third-order valence-electron chi connectivity index (χ3n) is 14.2. The highest BCUT2D eigenvalue weighted by Crippen LogP contribution is 2.33. The summed E-state index contributed by atoms with van der Waals surface area (Å²) < 4.78 is 23.8. The van der Waals surface area contributed by atoms with E-state index in [1.54, 1.807) is 94.7 Å². The van der Waals surface area contributed by atoms with E-state index >= 15 is 0 Å². The number of ether oxygens (including phenoxy) is 3.